The van der Waals surface area contributed by atoms with Gasteiger partial charge < -0.3 is 0 Å². The topological polar surface area (TPSA) is 89.3 Å². The van der Waals surface area contributed by atoms with Crippen LogP contribution in [0.25, 0.3) is 0 Å². The van der Waals surface area contributed by atoms with Gasteiger partial charge in [0.25, 0.3) is 0 Å². The molecule has 1 aliphatic rings. The Morgan fingerprint density at radius 1 is 1.09 bits per heavy atom. The van der Waals surface area contributed by atoms with Gasteiger partial charge in [0.15, 0.2) is 0 Å². The molecule has 0 amide bonds. The molecule has 0 aromatic heterocycles. The molecule has 1 aliphatic carbocycles. The Balaban J connectivity index is 2.15. The number of hydrogen-bond acceptors (Lipinski definition) is 4. The molecule has 6 nitrogen and oxygen atoms in total. The van der Waals surface area contributed by atoms with Crippen LogP contribution in [0, 0.1) is 30.9 Å². The largest absolute Gasteiger partial charge is 0.264 e. The lowest BCUT2D eigenvalue weighted by atomic mass is 9.92. The fourth-order valence-electron chi connectivity index (χ4n) is 3.27. The van der Waals surface area contributed by atoms with E-state index in [0.717, 1.165) is 16.7 Å². The summed E-state index contributed by atoms with van der Waals surface area (Å²) in [7, 11) is -3.60. The fourth-order valence-corrected chi connectivity index (χ4v) is 5.03. The minimum Gasteiger partial charge on any atom is -0.264 e. The van der Waals surface area contributed by atoms with Gasteiger partial charge in [0.2, 0.25) is 16.1 Å². The summed E-state index contributed by atoms with van der Waals surface area (Å²) in [5.74, 6) is 0. The molecule has 0 saturated heterocycles. The van der Waals surface area contributed by atoms with E-state index in [9.17, 15) is 18.5 Å². The molecule has 2 rings (SSSR count). The number of aryl methyl sites for hydroxylation is 3. The van der Waals surface area contributed by atoms with E-state index in [1.807, 2.05) is 19.1 Å². The van der Waals surface area contributed by atoms with Gasteiger partial charge in [-0.05, 0) is 44.7 Å². The third-order valence-corrected chi connectivity index (χ3v) is 6.02. The van der Waals surface area contributed by atoms with Crippen LogP contribution < -0.4 is 4.72 Å². The molecule has 0 bridgehead atoms. The number of benzene rings is 1. The van der Waals surface area contributed by atoms with Gasteiger partial charge >= 0.3 is 0 Å². The molecule has 122 valence electrons. The van der Waals surface area contributed by atoms with Gasteiger partial charge in [0.1, 0.15) is 0 Å². The highest BCUT2D eigenvalue weighted by Gasteiger charge is 2.31. The first kappa shape index (κ1) is 16.9. The maximum Gasteiger partial charge on any atom is 0.241 e. The van der Waals surface area contributed by atoms with E-state index in [1.165, 1.54) is 0 Å². The van der Waals surface area contributed by atoms with Crippen molar-refractivity contribution in [1.29, 1.82) is 0 Å². The first-order valence-electron chi connectivity index (χ1n) is 7.44. The van der Waals surface area contributed by atoms with Crippen molar-refractivity contribution >= 4 is 10.0 Å². The molecule has 1 fully saturated rings. The standard InChI is InChI=1S/C15H22N2O4S/c1-10-8-11(2)15(12(3)9-10)22(20,21)16-13-4-6-14(7-5-13)17(18)19/h8-9,13-14,16H,4-7H2,1-3H3. The first-order chi connectivity index (χ1) is 10.2. The molecule has 22 heavy (non-hydrogen) atoms. The lowest BCUT2D eigenvalue weighted by Gasteiger charge is -2.25. The summed E-state index contributed by atoms with van der Waals surface area (Å²) in [6.07, 6.45) is 1.86. The molecular weight excluding hydrogens is 304 g/mol. The Hall–Kier alpha value is -1.47. The van der Waals surface area contributed by atoms with Crippen molar-refractivity contribution in [2.45, 2.75) is 63.4 Å². The summed E-state index contributed by atoms with van der Waals surface area (Å²) >= 11 is 0. The Morgan fingerprint density at radius 2 is 1.59 bits per heavy atom. The van der Waals surface area contributed by atoms with Crippen molar-refractivity contribution in [3.63, 3.8) is 0 Å². The SMILES string of the molecule is Cc1cc(C)c(S(=O)(=O)NC2CCC([N+](=O)[O-])CC2)c(C)c1. The van der Waals surface area contributed by atoms with Crippen LogP contribution in [0.1, 0.15) is 42.4 Å². The van der Waals surface area contributed by atoms with Crippen LogP contribution in [-0.2, 0) is 10.0 Å². The van der Waals surface area contributed by atoms with E-state index < -0.39 is 16.1 Å². The summed E-state index contributed by atoms with van der Waals surface area (Å²) in [6, 6.07) is 2.95. The van der Waals surface area contributed by atoms with Crippen LogP contribution in [0.4, 0.5) is 0 Å². The normalized spacial score (nSPS) is 22.5. The lowest BCUT2D eigenvalue weighted by Crippen LogP contribution is -2.40. The summed E-state index contributed by atoms with van der Waals surface area (Å²) in [4.78, 5) is 10.8. The monoisotopic (exact) mass is 326 g/mol. The van der Waals surface area contributed by atoms with Crippen LogP contribution in [0.3, 0.4) is 0 Å². The van der Waals surface area contributed by atoms with Gasteiger partial charge in [-0.3, -0.25) is 10.1 Å². The van der Waals surface area contributed by atoms with Crippen LogP contribution in [0.2, 0.25) is 0 Å². The zero-order valence-corrected chi connectivity index (χ0v) is 13.9. The van der Waals surface area contributed by atoms with E-state index in [4.69, 9.17) is 0 Å². The molecule has 1 aromatic rings. The average Bonchev–Trinajstić information content (AvgIpc) is 2.36. The molecule has 1 N–H and O–H groups in total. The number of nitro groups is 1. The summed E-state index contributed by atoms with van der Waals surface area (Å²) < 4.78 is 28.0. The van der Waals surface area contributed by atoms with E-state index in [2.05, 4.69) is 4.72 Å². The summed E-state index contributed by atoms with van der Waals surface area (Å²) in [6.45, 7) is 5.51. The zero-order valence-electron chi connectivity index (χ0n) is 13.1. The molecular formula is C15H22N2O4S. The third kappa shape index (κ3) is 3.64. The summed E-state index contributed by atoms with van der Waals surface area (Å²) in [5, 5.41) is 10.8. The van der Waals surface area contributed by atoms with E-state index >= 15 is 0 Å². The van der Waals surface area contributed by atoms with Gasteiger partial charge in [-0.25, -0.2) is 13.1 Å². The van der Waals surface area contributed by atoms with Gasteiger partial charge in [-0.15, -0.1) is 0 Å². The highest BCUT2D eigenvalue weighted by molar-refractivity contribution is 7.89. The number of sulfonamides is 1. The van der Waals surface area contributed by atoms with E-state index in [-0.39, 0.29) is 11.0 Å². The summed E-state index contributed by atoms with van der Waals surface area (Å²) in [5.41, 5.74) is 2.48. The molecule has 1 saturated carbocycles. The number of nitrogens with one attached hydrogen (secondary N) is 1. The van der Waals surface area contributed by atoms with Crippen molar-refractivity contribution in [3.8, 4) is 0 Å². The van der Waals surface area contributed by atoms with E-state index in [1.54, 1.807) is 13.8 Å². The molecule has 0 atom stereocenters. The fraction of sp³-hybridized carbons (Fsp3) is 0.600. The Bertz CT molecular complexity index is 654. The molecule has 0 spiro atoms. The second-order valence-corrected chi connectivity index (χ2v) is 7.79. The number of nitrogens with zero attached hydrogens (tertiary/aromatic N) is 1. The van der Waals surface area contributed by atoms with Crippen LogP contribution in [0.5, 0.6) is 0 Å². The van der Waals surface area contributed by atoms with Crippen LogP contribution >= 0.6 is 0 Å². The Kier molecular flexibility index (Phi) is 4.87. The third-order valence-electron chi connectivity index (χ3n) is 4.19. The molecule has 0 aliphatic heterocycles. The lowest BCUT2D eigenvalue weighted by molar-refractivity contribution is -0.526. The molecule has 0 heterocycles. The number of rotatable bonds is 4. The molecule has 7 heteroatoms. The van der Waals surface area contributed by atoms with Gasteiger partial charge in [0.05, 0.1) is 4.90 Å². The van der Waals surface area contributed by atoms with Crippen LogP contribution in [0.15, 0.2) is 17.0 Å². The van der Waals surface area contributed by atoms with Gasteiger partial charge in [0, 0.05) is 23.8 Å². The van der Waals surface area contributed by atoms with Gasteiger partial charge in [-0.1, -0.05) is 17.7 Å². The number of hydrogen-bond donors (Lipinski definition) is 1. The van der Waals surface area contributed by atoms with Crippen molar-refractivity contribution in [1.82, 2.24) is 4.72 Å². The van der Waals surface area contributed by atoms with Crippen molar-refractivity contribution in [3.05, 3.63) is 38.9 Å². The quantitative estimate of drug-likeness (QED) is 0.680. The average molecular weight is 326 g/mol. The highest BCUT2D eigenvalue weighted by atomic mass is 32.2. The predicted octanol–water partition coefficient (Wildman–Crippen LogP) is 2.48. The zero-order chi connectivity index (χ0) is 16.5. The van der Waals surface area contributed by atoms with Crippen LogP contribution in [-0.4, -0.2) is 25.4 Å². The smallest absolute Gasteiger partial charge is 0.241 e. The maximum atomic E-state index is 12.6. The van der Waals surface area contributed by atoms with Crippen molar-refractivity contribution < 1.29 is 13.3 Å². The highest BCUT2D eigenvalue weighted by Crippen LogP contribution is 2.25. The van der Waals surface area contributed by atoms with Gasteiger partial charge in [-0.2, -0.15) is 0 Å². The molecule has 0 unspecified atom stereocenters. The predicted molar refractivity (Wildman–Crippen MR) is 84.0 cm³/mol. The maximum absolute atomic E-state index is 12.6. The minimum atomic E-state index is -3.60. The minimum absolute atomic E-state index is 0.221. The second-order valence-electron chi connectivity index (χ2n) is 6.14. The first-order valence-corrected chi connectivity index (χ1v) is 8.92. The molecule has 1 aromatic carbocycles. The van der Waals surface area contributed by atoms with Crippen molar-refractivity contribution in [2.24, 2.45) is 0 Å². The van der Waals surface area contributed by atoms with E-state index in [0.29, 0.717) is 30.6 Å². The molecule has 0 radical (unpaired) electrons. The Morgan fingerprint density at radius 3 is 2.05 bits per heavy atom. The van der Waals surface area contributed by atoms with Crippen molar-refractivity contribution in [2.75, 3.05) is 0 Å². The second kappa shape index (κ2) is 6.34. The Labute approximate surface area is 131 Å².